The van der Waals surface area contributed by atoms with Crippen LogP contribution in [0, 0.1) is 5.92 Å². The molecule has 2 N–H and O–H groups in total. The van der Waals surface area contributed by atoms with Crippen LogP contribution in [0.3, 0.4) is 0 Å². The third-order valence-corrected chi connectivity index (χ3v) is 7.08. The van der Waals surface area contributed by atoms with Crippen LogP contribution in [-0.4, -0.2) is 51.6 Å². The molecule has 1 amide bonds. The summed E-state index contributed by atoms with van der Waals surface area (Å²) in [6, 6.07) is 13.8. The first-order valence-corrected chi connectivity index (χ1v) is 12.9. The van der Waals surface area contributed by atoms with Crippen LogP contribution in [-0.2, 0) is 16.0 Å². The molecule has 0 saturated carbocycles. The van der Waals surface area contributed by atoms with Gasteiger partial charge in [-0.05, 0) is 54.4 Å². The first kappa shape index (κ1) is 27.8. The molecular weight excluding hydrogens is 464 g/mol. The number of halogens is 2. The number of benzene rings is 2. The Morgan fingerprint density at radius 2 is 1.83 bits per heavy atom. The second-order valence-corrected chi connectivity index (χ2v) is 9.92. The Bertz CT molecular complexity index is 1050. The number of aliphatic carboxylic acids is 1. The molecule has 5 nitrogen and oxygen atoms in total. The highest BCUT2D eigenvalue weighted by molar-refractivity contribution is 5.86. The summed E-state index contributed by atoms with van der Waals surface area (Å²) < 4.78 is 28.3. The molecule has 0 unspecified atom stereocenters. The van der Waals surface area contributed by atoms with Gasteiger partial charge in [0, 0.05) is 19.4 Å². The van der Waals surface area contributed by atoms with Crippen LogP contribution in [0.5, 0.6) is 0 Å². The monoisotopic (exact) mass is 501 g/mol. The van der Waals surface area contributed by atoms with Crippen LogP contribution in [0.15, 0.2) is 54.6 Å². The lowest BCUT2D eigenvalue weighted by Crippen LogP contribution is -2.36. The Hall–Kier alpha value is -2.80. The topological polar surface area (TPSA) is 77.8 Å². The molecule has 1 aliphatic rings. The van der Waals surface area contributed by atoms with Gasteiger partial charge < -0.3 is 15.1 Å². The van der Waals surface area contributed by atoms with E-state index in [-0.39, 0.29) is 18.9 Å². The second-order valence-electron chi connectivity index (χ2n) is 9.92. The van der Waals surface area contributed by atoms with E-state index in [0.29, 0.717) is 25.7 Å². The molecule has 1 heterocycles. The lowest BCUT2D eigenvalue weighted by molar-refractivity contribution is -0.148. The van der Waals surface area contributed by atoms with Gasteiger partial charge >= 0.3 is 11.9 Å². The Morgan fingerprint density at radius 1 is 1.11 bits per heavy atom. The third kappa shape index (κ3) is 7.60. The zero-order valence-corrected chi connectivity index (χ0v) is 20.9. The molecule has 0 aliphatic carbocycles. The van der Waals surface area contributed by atoms with Crippen LogP contribution in [0.4, 0.5) is 8.78 Å². The van der Waals surface area contributed by atoms with Gasteiger partial charge in [0.1, 0.15) is 0 Å². The first-order valence-electron chi connectivity index (χ1n) is 12.9. The Labute approximate surface area is 211 Å². The number of carboxylic acid groups (broad SMARTS) is 1. The van der Waals surface area contributed by atoms with E-state index >= 15 is 0 Å². The summed E-state index contributed by atoms with van der Waals surface area (Å²) in [5.74, 6) is -5.46. The summed E-state index contributed by atoms with van der Waals surface area (Å²) in [7, 11) is 0. The number of carboxylic acids is 1. The summed E-state index contributed by atoms with van der Waals surface area (Å²) in [4.78, 5) is 24.0. The number of aryl methyl sites for hydroxylation is 1. The van der Waals surface area contributed by atoms with Crippen molar-refractivity contribution in [2.45, 2.75) is 82.8 Å². The molecule has 0 aromatic heterocycles. The van der Waals surface area contributed by atoms with Crippen molar-refractivity contribution in [2.24, 2.45) is 5.92 Å². The van der Waals surface area contributed by atoms with Crippen molar-refractivity contribution in [2.75, 3.05) is 6.54 Å². The minimum atomic E-state index is -3.40. The average molecular weight is 502 g/mol. The number of hydrogen-bond donors (Lipinski definition) is 2. The van der Waals surface area contributed by atoms with E-state index < -0.39 is 36.4 Å². The molecule has 0 bridgehead atoms. The van der Waals surface area contributed by atoms with E-state index in [9.17, 15) is 23.5 Å². The summed E-state index contributed by atoms with van der Waals surface area (Å²) in [6.45, 7) is 2.15. The SMILES string of the molecule is C[C@@H](CCCc1cccc2ccccc12)[C@H](O)/C=C/[C@H]1CC(F)(F)C(=O)N1CCCCCCC(=O)O. The molecule has 0 spiro atoms. The normalized spacial score (nSPS) is 19.3. The minimum absolute atomic E-state index is 0.0449. The number of carbonyl (C=O) groups excluding carboxylic acids is 1. The number of alkyl halides is 2. The van der Waals surface area contributed by atoms with Crippen molar-refractivity contribution in [3.8, 4) is 0 Å². The van der Waals surface area contributed by atoms with Gasteiger partial charge in [0.2, 0.25) is 0 Å². The van der Waals surface area contributed by atoms with Crippen molar-refractivity contribution < 1.29 is 28.6 Å². The highest BCUT2D eigenvalue weighted by atomic mass is 19.3. The first-order chi connectivity index (χ1) is 17.2. The van der Waals surface area contributed by atoms with Gasteiger partial charge in [0.25, 0.3) is 5.91 Å². The van der Waals surface area contributed by atoms with Crippen LogP contribution < -0.4 is 0 Å². The largest absolute Gasteiger partial charge is 0.481 e. The lowest BCUT2D eigenvalue weighted by Gasteiger charge is -2.22. The molecule has 2 aromatic carbocycles. The molecule has 7 heteroatoms. The molecule has 0 radical (unpaired) electrons. The Morgan fingerprint density at radius 3 is 2.61 bits per heavy atom. The zero-order chi connectivity index (χ0) is 26.1. The van der Waals surface area contributed by atoms with Crippen molar-refractivity contribution in [3.05, 3.63) is 60.2 Å². The highest BCUT2D eigenvalue weighted by Crippen LogP contribution is 2.34. The predicted octanol–water partition coefficient (Wildman–Crippen LogP) is 5.99. The standard InChI is InChI=1S/C29H37F2NO4/c1-21(10-8-12-23-14-9-13-22-11-5-6-15-25(22)23)26(33)18-17-24-20-29(30,31)28(36)32(24)19-7-3-2-4-16-27(34)35/h5-6,9,11,13-15,17-18,21,24,26,33H,2-4,7-8,10,12,16,19-20H2,1H3,(H,34,35)/b18-17+/t21-,24-,26+/m0/s1. The number of hydrogen-bond acceptors (Lipinski definition) is 3. The number of carbonyl (C=O) groups is 2. The zero-order valence-electron chi connectivity index (χ0n) is 20.9. The van der Waals surface area contributed by atoms with Crippen LogP contribution in [0.25, 0.3) is 10.8 Å². The molecular formula is C29H37F2NO4. The maximum atomic E-state index is 14.1. The number of amides is 1. The lowest BCUT2D eigenvalue weighted by atomic mass is 9.94. The summed E-state index contributed by atoms with van der Waals surface area (Å²) in [5.41, 5.74) is 1.27. The minimum Gasteiger partial charge on any atom is -0.481 e. The fraction of sp³-hybridized carbons (Fsp3) is 0.517. The second kappa shape index (κ2) is 12.9. The molecule has 3 atom stereocenters. The third-order valence-electron chi connectivity index (χ3n) is 7.08. The molecule has 3 rings (SSSR count). The number of unbranched alkanes of at least 4 members (excludes halogenated alkanes) is 3. The van der Waals surface area contributed by atoms with Crippen molar-refractivity contribution in [1.82, 2.24) is 4.90 Å². The Kier molecular flexibility index (Phi) is 9.99. The van der Waals surface area contributed by atoms with E-state index in [1.165, 1.54) is 21.2 Å². The van der Waals surface area contributed by atoms with Gasteiger partial charge in [0.15, 0.2) is 0 Å². The molecule has 196 valence electrons. The maximum Gasteiger partial charge on any atom is 0.327 e. The van der Waals surface area contributed by atoms with Gasteiger partial charge in [-0.15, -0.1) is 0 Å². The summed E-state index contributed by atoms with van der Waals surface area (Å²) >= 11 is 0. The van der Waals surface area contributed by atoms with E-state index in [2.05, 4.69) is 30.3 Å². The molecule has 1 fully saturated rings. The van der Waals surface area contributed by atoms with Gasteiger partial charge in [-0.2, -0.15) is 8.78 Å². The maximum absolute atomic E-state index is 14.1. The number of fused-ring (bicyclic) bond motifs is 1. The smallest absolute Gasteiger partial charge is 0.327 e. The van der Waals surface area contributed by atoms with Crippen molar-refractivity contribution in [3.63, 3.8) is 0 Å². The van der Waals surface area contributed by atoms with Crippen LogP contribution >= 0.6 is 0 Å². The van der Waals surface area contributed by atoms with Gasteiger partial charge in [-0.3, -0.25) is 9.59 Å². The quantitative estimate of drug-likeness (QED) is 0.246. The number of nitrogens with zero attached hydrogens (tertiary/aromatic N) is 1. The molecule has 2 aromatic rings. The summed E-state index contributed by atoms with van der Waals surface area (Å²) in [5, 5.41) is 21.8. The molecule has 1 saturated heterocycles. The van der Waals surface area contributed by atoms with E-state index in [1.54, 1.807) is 12.2 Å². The molecule has 1 aliphatic heterocycles. The van der Waals surface area contributed by atoms with Crippen molar-refractivity contribution in [1.29, 1.82) is 0 Å². The highest BCUT2D eigenvalue weighted by Gasteiger charge is 2.52. The summed E-state index contributed by atoms with van der Waals surface area (Å²) in [6.07, 6.45) is 6.85. The van der Waals surface area contributed by atoms with E-state index in [4.69, 9.17) is 5.11 Å². The number of aliphatic hydroxyl groups is 1. The number of aliphatic hydroxyl groups excluding tert-OH is 1. The van der Waals surface area contributed by atoms with Gasteiger partial charge in [-0.1, -0.05) is 74.4 Å². The predicted molar refractivity (Wildman–Crippen MR) is 137 cm³/mol. The van der Waals surface area contributed by atoms with Crippen molar-refractivity contribution >= 4 is 22.6 Å². The average Bonchev–Trinajstić information content (AvgIpc) is 3.07. The van der Waals surface area contributed by atoms with E-state index in [0.717, 1.165) is 19.3 Å². The number of likely N-dealkylation sites (tertiary alicyclic amines) is 1. The fourth-order valence-electron chi connectivity index (χ4n) is 4.90. The molecule has 36 heavy (non-hydrogen) atoms. The van der Waals surface area contributed by atoms with Crippen LogP contribution in [0.1, 0.15) is 63.9 Å². The number of rotatable bonds is 14. The Balaban J connectivity index is 1.48. The van der Waals surface area contributed by atoms with Gasteiger partial charge in [-0.25, -0.2) is 0 Å². The fourth-order valence-corrected chi connectivity index (χ4v) is 4.90. The van der Waals surface area contributed by atoms with Gasteiger partial charge in [0.05, 0.1) is 12.1 Å². The van der Waals surface area contributed by atoms with E-state index in [1.807, 2.05) is 19.1 Å². The van der Waals surface area contributed by atoms with Crippen LogP contribution in [0.2, 0.25) is 0 Å².